The highest BCUT2D eigenvalue weighted by Crippen LogP contribution is 2.42. The van der Waals surface area contributed by atoms with Crippen molar-refractivity contribution in [2.24, 2.45) is 0 Å². The van der Waals surface area contributed by atoms with Gasteiger partial charge in [0.05, 0.1) is 0 Å². The molecule has 107 valence electrons. The molecule has 1 nitrogen and oxygen atoms in total. The van der Waals surface area contributed by atoms with Crippen LogP contribution in [0.3, 0.4) is 0 Å². The van der Waals surface area contributed by atoms with Crippen LogP contribution in [0.1, 0.15) is 52.7 Å². The van der Waals surface area contributed by atoms with Crippen molar-refractivity contribution < 1.29 is 5.11 Å². The topological polar surface area (TPSA) is 19.9 Å². The van der Waals surface area contributed by atoms with E-state index in [1.165, 1.54) is 5.56 Å². The van der Waals surface area contributed by atoms with E-state index in [9.17, 15) is 5.11 Å². The fourth-order valence-corrected chi connectivity index (χ4v) is 3.00. The minimum atomic E-state index is -0.136. The van der Waals surface area contributed by atoms with Crippen LogP contribution in [-0.4, -0.2) is 0 Å². The Kier molecular flexibility index (Phi) is 3.72. The highest BCUT2D eigenvalue weighted by atomic mass is 32.1. The largest absolute Gasteiger partial charge is 0.289 e. The standard InChI is InChI=1S/C18H23OS/c1-17(2,3)14-9-13(12-7-8-20-11-12)10-15(16(14)19)18(4,5)6/h7-11H,1-6H3. The average molecular weight is 287 g/mol. The Hall–Kier alpha value is -1.28. The van der Waals surface area contributed by atoms with Crippen LogP contribution in [0, 0.1) is 0 Å². The molecule has 1 heterocycles. The average Bonchev–Trinajstić information content (AvgIpc) is 2.79. The van der Waals surface area contributed by atoms with Crippen LogP contribution in [0.25, 0.3) is 11.1 Å². The minimum Gasteiger partial charge on any atom is -0.289 e. The predicted molar refractivity (Wildman–Crippen MR) is 87.3 cm³/mol. The van der Waals surface area contributed by atoms with Gasteiger partial charge in [-0.15, -0.1) is 0 Å². The third-order valence-electron chi connectivity index (χ3n) is 3.56. The quantitative estimate of drug-likeness (QED) is 0.599. The summed E-state index contributed by atoms with van der Waals surface area (Å²) in [6.07, 6.45) is 0. The van der Waals surface area contributed by atoms with Gasteiger partial charge in [-0.1, -0.05) is 41.5 Å². The van der Waals surface area contributed by atoms with Crippen molar-refractivity contribution in [1.82, 2.24) is 0 Å². The fourth-order valence-electron chi connectivity index (χ4n) is 2.34. The smallest absolute Gasteiger partial charge is 0.186 e. The van der Waals surface area contributed by atoms with E-state index < -0.39 is 0 Å². The van der Waals surface area contributed by atoms with Crippen LogP contribution in [-0.2, 0) is 15.9 Å². The Morgan fingerprint density at radius 3 is 1.70 bits per heavy atom. The second-order valence-electron chi connectivity index (χ2n) is 7.41. The lowest BCUT2D eigenvalue weighted by atomic mass is 9.78. The molecule has 2 aromatic rings. The first-order chi connectivity index (χ1) is 9.10. The molecule has 0 saturated carbocycles. The van der Waals surface area contributed by atoms with Gasteiger partial charge in [-0.25, -0.2) is 0 Å². The molecule has 1 radical (unpaired) electrons. The Bertz CT molecular complexity index is 560. The first-order valence-corrected chi connectivity index (χ1v) is 7.93. The maximum absolute atomic E-state index is 12.8. The summed E-state index contributed by atoms with van der Waals surface area (Å²) in [7, 11) is 0. The molecule has 1 aromatic heterocycles. The Balaban J connectivity index is 2.74. The van der Waals surface area contributed by atoms with Crippen LogP contribution in [0.15, 0.2) is 29.0 Å². The Labute approximate surface area is 126 Å². The number of hydrogen-bond acceptors (Lipinski definition) is 1. The molecule has 0 aliphatic carbocycles. The highest BCUT2D eigenvalue weighted by molar-refractivity contribution is 7.08. The van der Waals surface area contributed by atoms with Gasteiger partial charge in [0.15, 0.2) is 5.75 Å². The van der Waals surface area contributed by atoms with E-state index >= 15 is 0 Å². The van der Waals surface area contributed by atoms with Crippen molar-refractivity contribution in [2.45, 2.75) is 52.4 Å². The van der Waals surface area contributed by atoms with Crippen LogP contribution < -0.4 is 0 Å². The van der Waals surface area contributed by atoms with Gasteiger partial charge < -0.3 is 0 Å². The van der Waals surface area contributed by atoms with Crippen molar-refractivity contribution >= 4 is 11.3 Å². The van der Waals surface area contributed by atoms with Gasteiger partial charge in [-0.3, -0.25) is 5.11 Å². The molecule has 0 amide bonds. The van der Waals surface area contributed by atoms with Crippen LogP contribution in [0.2, 0.25) is 0 Å². The number of benzene rings is 1. The predicted octanol–water partition coefficient (Wildman–Crippen LogP) is 6.15. The van der Waals surface area contributed by atoms with Crippen LogP contribution in [0.5, 0.6) is 5.75 Å². The molecule has 0 unspecified atom stereocenters. The fraction of sp³-hybridized carbons (Fsp3) is 0.444. The molecule has 0 N–H and O–H groups in total. The third-order valence-corrected chi connectivity index (χ3v) is 4.24. The summed E-state index contributed by atoms with van der Waals surface area (Å²) >= 11 is 1.69. The molecule has 20 heavy (non-hydrogen) atoms. The van der Waals surface area contributed by atoms with Crippen molar-refractivity contribution in [2.75, 3.05) is 0 Å². The van der Waals surface area contributed by atoms with E-state index in [0.717, 1.165) is 16.7 Å². The molecule has 0 spiro atoms. The lowest BCUT2D eigenvalue weighted by Crippen LogP contribution is -2.17. The lowest BCUT2D eigenvalue weighted by Gasteiger charge is -2.26. The van der Waals surface area contributed by atoms with Crippen LogP contribution in [0.4, 0.5) is 0 Å². The summed E-state index contributed by atoms with van der Waals surface area (Å²) in [6.45, 7) is 12.6. The minimum absolute atomic E-state index is 0.136. The zero-order valence-electron chi connectivity index (χ0n) is 13.2. The first kappa shape index (κ1) is 15.1. The van der Waals surface area contributed by atoms with Gasteiger partial charge >= 0.3 is 0 Å². The SMILES string of the molecule is CC(C)(C)c1cc(-c2ccsc2)cc(C(C)(C)C)c1[O]. The van der Waals surface area contributed by atoms with Crippen molar-refractivity contribution in [3.8, 4) is 16.9 Å². The molecule has 0 aliphatic heterocycles. The summed E-state index contributed by atoms with van der Waals surface area (Å²) < 4.78 is 0. The van der Waals surface area contributed by atoms with E-state index in [4.69, 9.17) is 0 Å². The van der Waals surface area contributed by atoms with Gasteiger partial charge in [0.1, 0.15) is 0 Å². The van der Waals surface area contributed by atoms with Crippen molar-refractivity contribution in [3.05, 3.63) is 40.1 Å². The summed E-state index contributed by atoms with van der Waals surface area (Å²) in [5, 5.41) is 17.0. The maximum Gasteiger partial charge on any atom is 0.186 e. The molecular weight excluding hydrogens is 264 g/mol. The maximum atomic E-state index is 12.8. The lowest BCUT2D eigenvalue weighted by molar-refractivity contribution is 0.327. The van der Waals surface area contributed by atoms with Gasteiger partial charge in [0, 0.05) is 11.1 Å². The first-order valence-electron chi connectivity index (χ1n) is 6.99. The molecule has 0 aliphatic rings. The molecule has 0 saturated heterocycles. The second-order valence-corrected chi connectivity index (χ2v) is 8.19. The van der Waals surface area contributed by atoms with E-state index in [0.29, 0.717) is 0 Å². The summed E-state index contributed by atoms with van der Waals surface area (Å²) in [4.78, 5) is 0. The molecule has 0 bridgehead atoms. The Morgan fingerprint density at radius 1 is 0.850 bits per heavy atom. The van der Waals surface area contributed by atoms with E-state index in [2.05, 4.69) is 70.5 Å². The molecule has 2 heteroatoms. The number of rotatable bonds is 1. The van der Waals surface area contributed by atoms with Gasteiger partial charge in [-0.2, -0.15) is 11.3 Å². The van der Waals surface area contributed by atoms with E-state index in [-0.39, 0.29) is 16.6 Å². The summed E-state index contributed by atoms with van der Waals surface area (Å²) in [6, 6.07) is 6.25. The molecule has 0 fully saturated rings. The monoisotopic (exact) mass is 287 g/mol. The van der Waals surface area contributed by atoms with Crippen molar-refractivity contribution in [1.29, 1.82) is 0 Å². The molecule has 0 atom stereocenters. The number of thiophene rings is 1. The highest BCUT2D eigenvalue weighted by Gasteiger charge is 2.28. The van der Waals surface area contributed by atoms with Crippen LogP contribution >= 0.6 is 11.3 Å². The van der Waals surface area contributed by atoms with Crippen molar-refractivity contribution in [3.63, 3.8) is 0 Å². The summed E-state index contributed by atoms with van der Waals surface area (Å²) in [5.74, 6) is 0.198. The zero-order chi connectivity index (χ0) is 15.1. The normalized spacial score (nSPS) is 12.7. The van der Waals surface area contributed by atoms with E-state index in [1.54, 1.807) is 11.3 Å². The number of hydrogen-bond donors (Lipinski definition) is 0. The molecule has 1 aromatic carbocycles. The van der Waals surface area contributed by atoms with Gasteiger partial charge in [0.2, 0.25) is 0 Å². The second kappa shape index (κ2) is 4.92. The summed E-state index contributed by atoms with van der Waals surface area (Å²) in [5.41, 5.74) is 3.90. The Morgan fingerprint density at radius 2 is 1.35 bits per heavy atom. The molecule has 2 rings (SSSR count). The third kappa shape index (κ3) is 2.90. The molecular formula is C18H23OS. The van der Waals surface area contributed by atoms with Gasteiger partial charge in [-0.05, 0) is 50.9 Å². The van der Waals surface area contributed by atoms with Gasteiger partial charge in [0.25, 0.3) is 0 Å². The zero-order valence-corrected chi connectivity index (χ0v) is 14.0. The van der Waals surface area contributed by atoms with E-state index in [1.807, 2.05) is 0 Å².